The van der Waals surface area contributed by atoms with Gasteiger partial charge in [0.15, 0.2) is 0 Å². The maximum atomic E-state index is 13.2. The predicted molar refractivity (Wildman–Crippen MR) is 115 cm³/mol. The normalized spacial score (nSPS) is 18.5. The molecule has 166 valence electrons. The molecule has 3 heterocycles. The SMILES string of the molecule is Cc1nccn1CC1(O)CCN(C(=O)c2ccccc2OCCN2CCCC2=O)CC1. The number of aromatic nitrogens is 2. The van der Waals surface area contributed by atoms with Gasteiger partial charge in [-0.3, -0.25) is 9.59 Å². The van der Waals surface area contributed by atoms with Crippen molar-refractivity contribution in [2.45, 2.75) is 44.8 Å². The average Bonchev–Trinajstić information content (AvgIpc) is 3.36. The Bertz CT molecular complexity index is 933. The summed E-state index contributed by atoms with van der Waals surface area (Å²) < 4.78 is 7.83. The van der Waals surface area contributed by atoms with E-state index in [1.165, 1.54) is 0 Å². The third kappa shape index (κ3) is 4.90. The number of aryl methyl sites for hydroxylation is 1. The number of carbonyl (C=O) groups is 2. The van der Waals surface area contributed by atoms with Crippen LogP contribution in [0.5, 0.6) is 5.75 Å². The number of imidazole rings is 1. The molecule has 2 aliphatic rings. The van der Waals surface area contributed by atoms with Crippen LogP contribution in [0, 0.1) is 6.92 Å². The lowest BCUT2D eigenvalue weighted by Gasteiger charge is -2.38. The van der Waals surface area contributed by atoms with Gasteiger partial charge in [-0.2, -0.15) is 0 Å². The lowest BCUT2D eigenvalue weighted by atomic mass is 9.91. The van der Waals surface area contributed by atoms with Crippen LogP contribution in [0.1, 0.15) is 41.9 Å². The van der Waals surface area contributed by atoms with Crippen molar-refractivity contribution in [3.63, 3.8) is 0 Å². The second-order valence-corrected chi connectivity index (χ2v) is 8.45. The molecule has 0 atom stereocenters. The van der Waals surface area contributed by atoms with Crippen molar-refractivity contribution in [1.82, 2.24) is 19.4 Å². The Kier molecular flexibility index (Phi) is 6.27. The minimum Gasteiger partial charge on any atom is -0.491 e. The van der Waals surface area contributed by atoms with Gasteiger partial charge < -0.3 is 24.2 Å². The Morgan fingerprint density at radius 2 is 2.00 bits per heavy atom. The first-order valence-electron chi connectivity index (χ1n) is 10.9. The smallest absolute Gasteiger partial charge is 0.257 e. The number of carbonyl (C=O) groups excluding carboxylic acids is 2. The molecular formula is C23H30N4O4. The fourth-order valence-corrected chi connectivity index (χ4v) is 4.32. The molecule has 2 aliphatic heterocycles. The van der Waals surface area contributed by atoms with Crippen LogP contribution in [0.15, 0.2) is 36.7 Å². The summed E-state index contributed by atoms with van der Waals surface area (Å²) in [6, 6.07) is 7.23. The number of hydrogen-bond acceptors (Lipinski definition) is 5. The van der Waals surface area contributed by atoms with Gasteiger partial charge in [0.25, 0.3) is 5.91 Å². The van der Waals surface area contributed by atoms with Gasteiger partial charge >= 0.3 is 0 Å². The molecule has 0 unspecified atom stereocenters. The topological polar surface area (TPSA) is 87.9 Å². The fraction of sp³-hybridized carbons (Fsp3) is 0.522. The van der Waals surface area contributed by atoms with E-state index in [2.05, 4.69) is 4.98 Å². The van der Waals surface area contributed by atoms with Crippen molar-refractivity contribution in [2.24, 2.45) is 0 Å². The van der Waals surface area contributed by atoms with Crippen molar-refractivity contribution in [2.75, 3.05) is 32.8 Å². The zero-order valence-electron chi connectivity index (χ0n) is 18.0. The summed E-state index contributed by atoms with van der Waals surface area (Å²) in [4.78, 5) is 32.7. The van der Waals surface area contributed by atoms with Gasteiger partial charge in [0.2, 0.25) is 5.91 Å². The first kappa shape index (κ1) is 21.4. The number of benzene rings is 1. The summed E-state index contributed by atoms with van der Waals surface area (Å²) in [5, 5.41) is 11.0. The summed E-state index contributed by atoms with van der Waals surface area (Å²) in [7, 11) is 0. The number of piperidine rings is 1. The lowest BCUT2D eigenvalue weighted by Crippen LogP contribution is -2.48. The van der Waals surface area contributed by atoms with E-state index in [1.807, 2.05) is 29.8 Å². The second kappa shape index (κ2) is 9.09. The standard InChI is InChI=1S/C23H30N4O4/c1-18-24-10-14-27(18)17-23(30)8-12-26(13-9-23)22(29)19-5-2-3-6-20(19)31-16-15-25-11-4-7-21(25)28/h2-3,5-6,10,14,30H,4,7-9,11-13,15-17H2,1H3. The Morgan fingerprint density at radius 3 is 2.68 bits per heavy atom. The molecule has 2 amide bonds. The number of rotatable bonds is 7. The lowest BCUT2D eigenvalue weighted by molar-refractivity contribution is -0.128. The van der Waals surface area contributed by atoms with Gasteiger partial charge in [0.05, 0.1) is 24.3 Å². The van der Waals surface area contributed by atoms with E-state index in [9.17, 15) is 14.7 Å². The molecule has 2 aromatic rings. The summed E-state index contributed by atoms with van der Waals surface area (Å²) >= 11 is 0. The minimum absolute atomic E-state index is 0.0892. The molecule has 8 heteroatoms. The Morgan fingerprint density at radius 1 is 1.23 bits per heavy atom. The number of likely N-dealkylation sites (tertiary alicyclic amines) is 2. The van der Waals surface area contributed by atoms with Gasteiger partial charge in [-0.1, -0.05) is 12.1 Å². The van der Waals surface area contributed by atoms with Crippen LogP contribution < -0.4 is 4.74 Å². The maximum Gasteiger partial charge on any atom is 0.257 e. The largest absolute Gasteiger partial charge is 0.491 e. The highest BCUT2D eigenvalue weighted by molar-refractivity contribution is 5.97. The van der Waals surface area contributed by atoms with Crippen LogP contribution in [0.2, 0.25) is 0 Å². The molecule has 2 fully saturated rings. The van der Waals surface area contributed by atoms with Crippen LogP contribution in [0.3, 0.4) is 0 Å². The highest BCUT2D eigenvalue weighted by Crippen LogP contribution is 2.27. The monoisotopic (exact) mass is 426 g/mol. The maximum absolute atomic E-state index is 13.2. The number of para-hydroxylation sites is 1. The van der Waals surface area contributed by atoms with Gasteiger partial charge in [0, 0.05) is 38.4 Å². The zero-order valence-corrected chi connectivity index (χ0v) is 18.0. The van der Waals surface area contributed by atoms with E-state index >= 15 is 0 Å². The molecule has 1 N–H and O–H groups in total. The third-order valence-corrected chi connectivity index (χ3v) is 6.28. The summed E-state index contributed by atoms with van der Waals surface area (Å²) in [5.74, 6) is 1.48. The molecule has 1 aromatic carbocycles. The van der Waals surface area contributed by atoms with Crippen LogP contribution in [-0.2, 0) is 11.3 Å². The minimum atomic E-state index is -0.847. The number of hydrogen-bond donors (Lipinski definition) is 1. The highest BCUT2D eigenvalue weighted by Gasteiger charge is 2.35. The van der Waals surface area contributed by atoms with E-state index in [0.717, 1.165) is 18.8 Å². The van der Waals surface area contributed by atoms with E-state index in [0.29, 0.717) is 63.4 Å². The quantitative estimate of drug-likeness (QED) is 0.730. The average molecular weight is 427 g/mol. The third-order valence-electron chi connectivity index (χ3n) is 6.28. The van der Waals surface area contributed by atoms with Gasteiger partial charge in [0.1, 0.15) is 18.2 Å². The first-order chi connectivity index (χ1) is 15.0. The van der Waals surface area contributed by atoms with Crippen molar-refractivity contribution in [3.05, 3.63) is 48.0 Å². The van der Waals surface area contributed by atoms with Crippen LogP contribution in [0.25, 0.3) is 0 Å². The number of aliphatic hydroxyl groups is 1. The fourth-order valence-electron chi connectivity index (χ4n) is 4.32. The molecule has 8 nitrogen and oxygen atoms in total. The predicted octanol–water partition coefficient (Wildman–Crippen LogP) is 1.86. The zero-order chi connectivity index (χ0) is 21.8. The second-order valence-electron chi connectivity index (χ2n) is 8.45. The summed E-state index contributed by atoms with van der Waals surface area (Å²) in [6.07, 6.45) is 6.13. The van der Waals surface area contributed by atoms with Crippen molar-refractivity contribution < 1.29 is 19.4 Å². The highest BCUT2D eigenvalue weighted by atomic mass is 16.5. The Hall–Kier alpha value is -2.87. The molecule has 31 heavy (non-hydrogen) atoms. The van der Waals surface area contributed by atoms with Gasteiger partial charge in [-0.25, -0.2) is 4.98 Å². The van der Waals surface area contributed by atoms with Gasteiger partial charge in [-0.05, 0) is 38.3 Å². The molecule has 0 radical (unpaired) electrons. The van der Waals surface area contributed by atoms with E-state index in [4.69, 9.17) is 4.74 Å². The van der Waals surface area contributed by atoms with Crippen molar-refractivity contribution in [3.8, 4) is 5.75 Å². The number of ether oxygens (including phenoxy) is 1. The molecule has 0 saturated carbocycles. The van der Waals surface area contributed by atoms with Crippen LogP contribution >= 0.6 is 0 Å². The molecular weight excluding hydrogens is 396 g/mol. The molecule has 2 saturated heterocycles. The van der Waals surface area contributed by atoms with E-state index in [1.54, 1.807) is 28.1 Å². The van der Waals surface area contributed by atoms with Crippen molar-refractivity contribution in [1.29, 1.82) is 0 Å². The molecule has 0 aliphatic carbocycles. The summed E-state index contributed by atoms with van der Waals surface area (Å²) in [5.41, 5.74) is -0.327. The molecule has 4 rings (SSSR count). The number of nitrogens with zero attached hydrogens (tertiary/aromatic N) is 4. The molecule has 0 bridgehead atoms. The van der Waals surface area contributed by atoms with E-state index in [-0.39, 0.29) is 11.8 Å². The van der Waals surface area contributed by atoms with E-state index < -0.39 is 5.60 Å². The molecule has 1 aromatic heterocycles. The Labute approximate surface area is 182 Å². The first-order valence-corrected chi connectivity index (χ1v) is 10.9. The Balaban J connectivity index is 1.34. The van der Waals surface area contributed by atoms with Gasteiger partial charge in [-0.15, -0.1) is 0 Å². The van der Waals surface area contributed by atoms with Crippen LogP contribution in [-0.4, -0.2) is 74.7 Å². The summed E-state index contributed by atoms with van der Waals surface area (Å²) in [6.45, 7) is 5.04. The molecule has 0 spiro atoms. The number of amides is 2. The van der Waals surface area contributed by atoms with Crippen LogP contribution in [0.4, 0.5) is 0 Å². The van der Waals surface area contributed by atoms with Crippen molar-refractivity contribution >= 4 is 11.8 Å².